The third kappa shape index (κ3) is 2.39. The third-order valence-electron chi connectivity index (χ3n) is 3.73. The van der Waals surface area contributed by atoms with Gasteiger partial charge in [0.2, 0.25) is 0 Å². The quantitative estimate of drug-likeness (QED) is 0.656. The van der Waals surface area contributed by atoms with Crippen LogP contribution < -0.4 is 10.2 Å². The van der Waals surface area contributed by atoms with Crippen molar-refractivity contribution < 1.29 is 9.59 Å². The summed E-state index contributed by atoms with van der Waals surface area (Å²) in [6.07, 6.45) is 2.44. The molecule has 1 heterocycles. The molecule has 0 radical (unpaired) electrons. The minimum Gasteiger partial charge on any atom is -0.310 e. The maximum absolute atomic E-state index is 12.1. The lowest BCUT2D eigenvalue weighted by Crippen LogP contribution is -2.33. The molecule has 0 unspecified atom stereocenters. The van der Waals surface area contributed by atoms with Crippen LogP contribution in [0.1, 0.15) is 28.8 Å². The van der Waals surface area contributed by atoms with Gasteiger partial charge in [-0.25, -0.2) is 0 Å². The molecule has 1 aliphatic heterocycles. The summed E-state index contributed by atoms with van der Waals surface area (Å²) in [4.78, 5) is 25.6. The summed E-state index contributed by atoms with van der Waals surface area (Å²) in [5.74, 6) is -0.857. The summed E-state index contributed by atoms with van der Waals surface area (Å²) < 4.78 is 0. The van der Waals surface area contributed by atoms with Crippen molar-refractivity contribution in [3.8, 4) is 0 Å². The predicted molar refractivity (Wildman–Crippen MR) is 78.0 cm³/mol. The molecule has 2 aliphatic rings. The van der Waals surface area contributed by atoms with E-state index in [9.17, 15) is 9.59 Å². The Kier molecular flexibility index (Phi) is 3.18. The van der Waals surface area contributed by atoms with Crippen molar-refractivity contribution in [3.05, 3.63) is 41.5 Å². The highest BCUT2D eigenvalue weighted by atomic mass is 16.2. The molecular formula is C16H18N2O2. The first kappa shape index (κ1) is 13.1. The summed E-state index contributed by atoms with van der Waals surface area (Å²) in [6, 6.07) is 6.15. The van der Waals surface area contributed by atoms with Crippen LogP contribution in [0.4, 0.5) is 5.69 Å². The molecule has 104 valence electrons. The monoisotopic (exact) mass is 270 g/mol. The molecule has 1 saturated carbocycles. The van der Waals surface area contributed by atoms with Crippen LogP contribution in [0, 0.1) is 6.92 Å². The van der Waals surface area contributed by atoms with E-state index >= 15 is 0 Å². The number of aryl methyl sites for hydroxylation is 1. The van der Waals surface area contributed by atoms with E-state index in [-0.39, 0.29) is 0 Å². The molecule has 1 aliphatic carbocycles. The lowest BCUT2D eigenvalue weighted by molar-refractivity contribution is -0.114. The number of rotatable bonds is 5. The van der Waals surface area contributed by atoms with E-state index in [0.717, 1.165) is 11.1 Å². The van der Waals surface area contributed by atoms with Gasteiger partial charge in [-0.05, 0) is 37.5 Å². The van der Waals surface area contributed by atoms with Gasteiger partial charge >= 0.3 is 0 Å². The van der Waals surface area contributed by atoms with Gasteiger partial charge in [0, 0.05) is 19.1 Å². The van der Waals surface area contributed by atoms with Gasteiger partial charge in [0.05, 0.1) is 11.3 Å². The van der Waals surface area contributed by atoms with E-state index in [2.05, 4.69) is 11.9 Å². The highest BCUT2D eigenvalue weighted by molar-refractivity contribution is 6.52. The smallest absolute Gasteiger partial charge is 0.299 e. The number of nitrogens with zero attached hydrogens (tertiary/aromatic N) is 1. The van der Waals surface area contributed by atoms with Crippen molar-refractivity contribution in [2.45, 2.75) is 25.8 Å². The molecule has 1 amide bonds. The zero-order chi connectivity index (χ0) is 14.3. The Labute approximate surface area is 118 Å². The summed E-state index contributed by atoms with van der Waals surface area (Å²) in [5.41, 5.74) is 3.13. The number of carbonyl (C=O) groups is 2. The number of benzene rings is 1. The number of nitrogens with one attached hydrogen (secondary N) is 1. The summed E-state index contributed by atoms with van der Waals surface area (Å²) in [7, 11) is 0. The lowest BCUT2D eigenvalue weighted by Gasteiger charge is -2.18. The highest BCUT2D eigenvalue weighted by Gasteiger charge is 2.35. The zero-order valence-corrected chi connectivity index (χ0v) is 11.6. The fourth-order valence-electron chi connectivity index (χ4n) is 2.43. The van der Waals surface area contributed by atoms with Crippen LogP contribution in [0.25, 0.3) is 0 Å². The maximum Gasteiger partial charge on any atom is 0.299 e. The number of Topliss-reactive ketones (excluding diaryl/α,β-unsaturated/α-hetero) is 1. The Morgan fingerprint density at radius 3 is 2.85 bits per heavy atom. The maximum atomic E-state index is 12.1. The molecule has 0 atom stereocenters. The molecule has 1 aromatic rings. The fraction of sp³-hybridized carbons (Fsp3) is 0.375. The molecule has 0 bridgehead atoms. The molecule has 0 aromatic heterocycles. The third-order valence-corrected chi connectivity index (χ3v) is 3.73. The number of hydrogen-bond donors (Lipinski definition) is 1. The Balaban J connectivity index is 1.74. The molecule has 1 aromatic carbocycles. The second-order valence-corrected chi connectivity index (χ2v) is 5.65. The number of anilines is 1. The van der Waals surface area contributed by atoms with E-state index < -0.39 is 11.7 Å². The molecule has 4 heteroatoms. The number of ketones is 1. The number of fused-ring (bicyclic) bond motifs is 1. The first-order chi connectivity index (χ1) is 9.56. The van der Waals surface area contributed by atoms with Crippen molar-refractivity contribution in [2.75, 3.05) is 18.0 Å². The standard InChI is InChI=1S/C16H18N2O2/c1-10-3-6-14-13(7-10)15(19)16(20)18(14)9-11(2)8-17-12-4-5-12/h3,6-7,12,17H,2,4-5,8-9H2,1H3. The second-order valence-electron chi connectivity index (χ2n) is 5.65. The van der Waals surface area contributed by atoms with E-state index in [1.807, 2.05) is 19.1 Å². The van der Waals surface area contributed by atoms with E-state index in [1.54, 1.807) is 6.07 Å². The molecule has 20 heavy (non-hydrogen) atoms. The zero-order valence-electron chi connectivity index (χ0n) is 11.6. The number of hydrogen-bond acceptors (Lipinski definition) is 3. The SMILES string of the molecule is C=C(CNC1CC1)CN1C(=O)C(=O)c2cc(C)ccc21. The van der Waals surface area contributed by atoms with E-state index in [4.69, 9.17) is 0 Å². The van der Waals surface area contributed by atoms with Crippen LogP contribution in [0.5, 0.6) is 0 Å². The van der Waals surface area contributed by atoms with E-state index in [0.29, 0.717) is 30.4 Å². The van der Waals surface area contributed by atoms with Crippen LogP contribution in [0.3, 0.4) is 0 Å². The Bertz CT molecular complexity index is 602. The Hall–Kier alpha value is -1.94. The molecule has 0 spiro atoms. The van der Waals surface area contributed by atoms with Crippen molar-refractivity contribution in [1.29, 1.82) is 0 Å². The lowest BCUT2D eigenvalue weighted by atomic mass is 10.1. The van der Waals surface area contributed by atoms with Gasteiger partial charge in [-0.2, -0.15) is 0 Å². The van der Waals surface area contributed by atoms with Gasteiger partial charge in [-0.3, -0.25) is 9.59 Å². The topological polar surface area (TPSA) is 49.4 Å². The predicted octanol–water partition coefficient (Wildman–Crippen LogP) is 1.83. The molecular weight excluding hydrogens is 252 g/mol. The van der Waals surface area contributed by atoms with Crippen molar-refractivity contribution in [1.82, 2.24) is 5.32 Å². The van der Waals surface area contributed by atoms with Gasteiger partial charge in [0.15, 0.2) is 0 Å². The average Bonchev–Trinajstić information content (AvgIpc) is 3.22. The van der Waals surface area contributed by atoms with Gasteiger partial charge in [0.1, 0.15) is 0 Å². The molecule has 1 N–H and O–H groups in total. The van der Waals surface area contributed by atoms with Crippen molar-refractivity contribution >= 4 is 17.4 Å². The first-order valence-electron chi connectivity index (χ1n) is 6.93. The first-order valence-corrected chi connectivity index (χ1v) is 6.93. The van der Waals surface area contributed by atoms with Gasteiger partial charge in [-0.15, -0.1) is 0 Å². The highest BCUT2D eigenvalue weighted by Crippen LogP contribution is 2.30. The summed E-state index contributed by atoms with van der Waals surface area (Å²) >= 11 is 0. The average molecular weight is 270 g/mol. The molecule has 4 nitrogen and oxygen atoms in total. The molecule has 0 saturated heterocycles. The molecule has 1 fully saturated rings. The van der Waals surface area contributed by atoms with E-state index in [1.165, 1.54) is 17.7 Å². The summed E-state index contributed by atoms with van der Waals surface area (Å²) in [5, 5.41) is 3.37. The molecule has 3 rings (SSSR count). The van der Waals surface area contributed by atoms with Crippen LogP contribution in [0.15, 0.2) is 30.4 Å². The Morgan fingerprint density at radius 1 is 1.40 bits per heavy atom. The largest absolute Gasteiger partial charge is 0.310 e. The van der Waals surface area contributed by atoms with Gasteiger partial charge in [-0.1, -0.05) is 18.2 Å². The van der Waals surface area contributed by atoms with Crippen molar-refractivity contribution in [2.24, 2.45) is 0 Å². The fourth-order valence-corrected chi connectivity index (χ4v) is 2.43. The Morgan fingerprint density at radius 2 is 2.15 bits per heavy atom. The number of amides is 1. The van der Waals surface area contributed by atoms with Gasteiger partial charge < -0.3 is 10.2 Å². The second kappa shape index (κ2) is 4.87. The minimum atomic E-state index is -0.446. The normalized spacial score (nSPS) is 17.6. The van der Waals surface area contributed by atoms with Crippen LogP contribution >= 0.6 is 0 Å². The summed E-state index contributed by atoms with van der Waals surface area (Å²) in [6.45, 7) is 7.02. The van der Waals surface area contributed by atoms with Crippen LogP contribution in [0.2, 0.25) is 0 Å². The van der Waals surface area contributed by atoms with Crippen molar-refractivity contribution in [3.63, 3.8) is 0 Å². The number of carbonyl (C=O) groups excluding carboxylic acids is 2. The minimum absolute atomic E-state index is 0.403. The van der Waals surface area contributed by atoms with Gasteiger partial charge in [0.25, 0.3) is 11.7 Å². The van der Waals surface area contributed by atoms with Crippen LogP contribution in [-0.2, 0) is 4.79 Å². The van der Waals surface area contributed by atoms with Crippen LogP contribution in [-0.4, -0.2) is 30.8 Å².